The fourth-order valence-electron chi connectivity index (χ4n) is 5.41. The van der Waals surface area contributed by atoms with Crippen LogP contribution < -0.4 is 14.5 Å². The molecule has 2 aromatic heterocycles. The lowest BCUT2D eigenvalue weighted by Gasteiger charge is -2.21. The van der Waals surface area contributed by atoms with Crippen LogP contribution in [0, 0.1) is 25.2 Å². The molecule has 0 unspecified atom stereocenters. The zero-order valence-corrected chi connectivity index (χ0v) is 22.3. The van der Waals surface area contributed by atoms with E-state index >= 15 is 0 Å². The predicted molar refractivity (Wildman–Crippen MR) is 149 cm³/mol. The van der Waals surface area contributed by atoms with Crippen molar-refractivity contribution < 1.29 is 9.53 Å². The molecule has 1 fully saturated rings. The fourth-order valence-corrected chi connectivity index (χ4v) is 5.41. The third-order valence-corrected chi connectivity index (χ3v) is 7.39. The van der Waals surface area contributed by atoms with E-state index in [1.807, 2.05) is 84.2 Å². The molecule has 4 aromatic rings. The summed E-state index contributed by atoms with van der Waals surface area (Å²) in [4.78, 5) is 23.9. The molecule has 0 N–H and O–H groups in total. The Labute approximate surface area is 227 Å². The molecule has 0 bridgehead atoms. The summed E-state index contributed by atoms with van der Waals surface area (Å²) in [6.45, 7) is 6.57. The fraction of sp³-hybridized carbons (Fsp3) is 0.267. The van der Waals surface area contributed by atoms with Crippen LogP contribution in [0.25, 0.3) is 5.69 Å². The number of carbonyl (C=O) groups is 1. The van der Waals surface area contributed by atoms with Crippen molar-refractivity contribution in [3.8, 4) is 17.5 Å². The van der Waals surface area contributed by atoms with Gasteiger partial charge in [-0.05, 0) is 67.8 Å². The second kappa shape index (κ2) is 9.80. The lowest BCUT2D eigenvalue weighted by Crippen LogP contribution is -2.31. The van der Waals surface area contributed by atoms with Crippen LogP contribution in [0.15, 0.2) is 60.8 Å². The van der Waals surface area contributed by atoms with Gasteiger partial charge in [0.15, 0.2) is 5.82 Å². The first-order valence-corrected chi connectivity index (χ1v) is 13.0. The quantitative estimate of drug-likeness (QED) is 0.360. The van der Waals surface area contributed by atoms with Gasteiger partial charge in [-0.25, -0.2) is 14.5 Å². The summed E-state index contributed by atoms with van der Waals surface area (Å²) in [6, 6.07) is 19.7. The number of carbonyl (C=O) groups excluding carboxylic acids is 1. The molecule has 2 aliphatic rings. The molecular weight excluding hydrogens is 490 g/mol. The van der Waals surface area contributed by atoms with E-state index in [4.69, 9.17) is 14.8 Å². The Morgan fingerprint density at radius 2 is 1.79 bits per heavy atom. The van der Waals surface area contributed by atoms with Gasteiger partial charge in [-0.3, -0.25) is 4.90 Å². The summed E-state index contributed by atoms with van der Waals surface area (Å²) in [5, 5.41) is 14.1. The molecule has 9 heteroatoms. The summed E-state index contributed by atoms with van der Waals surface area (Å²) < 4.78 is 7.09. The van der Waals surface area contributed by atoms with Gasteiger partial charge in [0, 0.05) is 55.4 Å². The zero-order valence-electron chi connectivity index (χ0n) is 22.3. The summed E-state index contributed by atoms with van der Waals surface area (Å²) >= 11 is 0. The number of nitriles is 1. The molecule has 2 aromatic carbocycles. The standard InChI is InChI=1S/C30H29N7O2/c1-20-16-23(18-31)6-9-26(20)35-12-10-25-27(17-21(2)32-29(25)35)37-13-11-28(33-37)36-15-14-34(30(36)38)19-22-4-7-24(39-3)8-5-22/h4-9,11,13,16-17H,10,12,14-15,19H2,1-3H3. The number of urea groups is 1. The Morgan fingerprint density at radius 1 is 0.974 bits per heavy atom. The van der Waals surface area contributed by atoms with Crippen molar-refractivity contribution in [3.05, 3.63) is 88.7 Å². The summed E-state index contributed by atoms with van der Waals surface area (Å²) in [5.74, 6) is 2.35. The van der Waals surface area contributed by atoms with Gasteiger partial charge in [0.05, 0.1) is 24.4 Å². The minimum Gasteiger partial charge on any atom is -0.497 e. The van der Waals surface area contributed by atoms with E-state index in [2.05, 4.69) is 11.0 Å². The normalized spacial score (nSPS) is 14.6. The molecule has 0 aliphatic carbocycles. The summed E-state index contributed by atoms with van der Waals surface area (Å²) in [5.41, 5.74) is 6.78. The number of aryl methyl sites for hydroxylation is 2. The molecule has 9 nitrogen and oxygen atoms in total. The van der Waals surface area contributed by atoms with Crippen molar-refractivity contribution in [2.75, 3.05) is 36.5 Å². The van der Waals surface area contributed by atoms with Crippen molar-refractivity contribution in [2.24, 2.45) is 0 Å². The Hall–Kier alpha value is -4.84. The van der Waals surface area contributed by atoms with Crippen LogP contribution >= 0.6 is 0 Å². The van der Waals surface area contributed by atoms with E-state index in [1.54, 1.807) is 12.0 Å². The highest BCUT2D eigenvalue weighted by molar-refractivity contribution is 5.93. The van der Waals surface area contributed by atoms with E-state index in [9.17, 15) is 10.1 Å². The lowest BCUT2D eigenvalue weighted by molar-refractivity contribution is 0.218. The highest BCUT2D eigenvalue weighted by Crippen LogP contribution is 2.38. The molecule has 196 valence electrons. The number of ether oxygens (including phenoxy) is 1. The summed E-state index contributed by atoms with van der Waals surface area (Å²) in [6.07, 6.45) is 2.74. The Bertz CT molecular complexity index is 1600. The SMILES string of the molecule is COc1ccc(CN2CCN(c3ccn(-c4cc(C)nc5c4CCN5c4ccc(C#N)cc4C)n3)C2=O)cc1. The van der Waals surface area contributed by atoms with Crippen molar-refractivity contribution in [1.29, 1.82) is 5.26 Å². The second-order valence-corrected chi connectivity index (χ2v) is 9.92. The van der Waals surface area contributed by atoms with Crippen LogP contribution in [0.5, 0.6) is 5.75 Å². The lowest BCUT2D eigenvalue weighted by atomic mass is 10.1. The Balaban J connectivity index is 1.24. The number of anilines is 3. The number of aromatic nitrogens is 3. The first-order chi connectivity index (χ1) is 18.9. The number of nitrogens with zero attached hydrogens (tertiary/aromatic N) is 7. The number of amides is 2. The van der Waals surface area contributed by atoms with E-state index in [-0.39, 0.29) is 6.03 Å². The second-order valence-electron chi connectivity index (χ2n) is 9.92. The first kappa shape index (κ1) is 24.5. The predicted octanol–water partition coefficient (Wildman–Crippen LogP) is 4.90. The van der Waals surface area contributed by atoms with Gasteiger partial charge >= 0.3 is 6.03 Å². The van der Waals surface area contributed by atoms with Crippen LogP contribution in [0.4, 0.5) is 22.1 Å². The van der Waals surface area contributed by atoms with Crippen molar-refractivity contribution in [3.63, 3.8) is 0 Å². The van der Waals surface area contributed by atoms with Crippen LogP contribution in [0.2, 0.25) is 0 Å². The molecule has 0 spiro atoms. The van der Waals surface area contributed by atoms with Gasteiger partial charge in [0.2, 0.25) is 0 Å². The summed E-state index contributed by atoms with van der Waals surface area (Å²) in [7, 11) is 1.64. The van der Waals surface area contributed by atoms with Gasteiger partial charge in [0.25, 0.3) is 0 Å². The van der Waals surface area contributed by atoms with Crippen LogP contribution in [-0.2, 0) is 13.0 Å². The molecule has 0 saturated carbocycles. The third-order valence-electron chi connectivity index (χ3n) is 7.39. The van der Waals surface area contributed by atoms with Gasteiger partial charge in [-0.2, -0.15) is 5.26 Å². The van der Waals surface area contributed by atoms with Crippen molar-refractivity contribution >= 4 is 23.4 Å². The van der Waals surface area contributed by atoms with Crippen molar-refractivity contribution in [1.82, 2.24) is 19.7 Å². The average molecular weight is 520 g/mol. The maximum atomic E-state index is 13.2. The third kappa shape index (κ3) is 4.44. The van der Waals surface area contributed by atoms with Gasteiger partial charge in [-0.1, -0.05) is 12.1 Å². The average Bonchev–Trinajstić information content (AvgIpc) is 3.68. The topological polar surface area (TPSA) is 90.5 Å². The molecule has 2 aliphatic heterocycles. The van der Waals surface area contributed by atoms with Crippen LogP contribution in [0.1, 0.15) is 27.9 Å². The molecule has 6 rings (SSSR count). The van der Waals surface area contributed by atoms with Gasteiger partial charge in [-0.15, -0.1) is 5.10 Å². The largest absolute Gasteiger partial charge is 0.497 e. The first-order valence-electron chi connectivity index (χ1n) is 13.0. The molecule has 39 heavy (non-hydrogen) atoms. The number of fused-ring (bicyclic) bond motifs is 1. The number of rotatable bonds is 6. The van der Waals surface area contributed by atoms with Crippen LogP contribution in [0.3, 0.4) is 0 Å². The highest BCUT2D eigenvalue weighted by Gasteiger charge is 2.32. The minimum absolute atomic E-state index is 0.0466. The molecule has 4 heterocycles. The molecule has 0 radical (unpaired) electrons. The molecular formula is C30H29N7O2. The maximum Gasteiger partial charge on any atom is 0.326 e. The smallest absolute Gasteiger partial charge is 0.326 e. The van der Waals surface area contributed by atoms with Crippen molar-refractivity contribution in [2.45, 2.75) is 26.8 Å². The van der Waals surface area contributed by atoms with E-state index in [0.717, 1.165) is 58.3 Å². The van der Waals surface area contributed by atoms with E-state index < -0.39 is 0 Å². The molecule has 1 saturated heterocycles. The number of hydrogen-bond acceptors (Lipinski definition) is 6. The maximum absolute atomic E-state index is 13.2. The van der Waals surface area contributed by atoms with E-state index in [1.165, 1.54) is 0 Å². The number of benzene rings is 2. The van der Waals surface area contributed by atoms with Gasteiger partial charge in [0.1, 0.15) is 11.6 Å². The molecule has 0 atom stereocenters. The number of pyridine rings is 1. The number of hydrogen-bond donors (Lipinski definition) is 0. The van der Waals surface area contributed by atoms with Crippen LogP contribution in [-0.4, -0.2) is 52.4 Å². The Morgan fingerprint density at radius 3 is 2.54 bits per heavy atom. The Kier molecular flexibility index (Phi) is 6.15. The highest BCUT2D eigenvalue weighted by atomic mass is 16.5. The van der Waals surface area contributed by atoms with Gasteiger partial charge < -0.3 is 14.5 Å². The molecule has 2 amide bonds. The zero-order chi connectivity index (χ0) is 27.1. The monoisotopic (exact) mass is 519 g/mol. The van der Waals surface area contributed by atoms with E-state index in [0.29, 0.717) is 31.0 Å². The number of methoxy groups -OCH3 is 1. The minimum atomic E-state index is -0.0466.